The molecule has 2 fully saturated rings. The van der Waals surface area contributed by atoms with Crippen molar-refractivity contribution < 1.29 is 9.94 Å². The van der Waals surface area contributed by atoms with E-state index in [9.17, 15) is 5.11 Å². The lowest BCUT2D eigenvalue weighted by Crippen LogP contribution is -2.48. The summed E-state index contributed by atoms with van der Waals surface area (Å²) in [5, 5.41) is 14.9. The highest BCUT2D eigenvalue weighted by atomic mass is 16.6. The first-order valence-electron chi connectivity index (χ1n) is 11.9. The van der Waals surface area contributed by atoms with Crippen LogP contribution >= 0.6 is 0 Å². The van der Waals surface area contributed by atoms with Crippen LogP contribution in [0.5, 0.6) is 0 Å². The molecule has 2 aliphatic rings. The summed E-state index contributed by atoms with van der Waals surface area (Å²) in [6, 6.07) is 21.0. The van der Waals surface area contributed by atoms with E-state index in [1.165, 1.54) is 23.1 Å². The zero-order valence-electron chi connectivity index (χ0n) is 18.9. The van der Waals surface area contributed by atoms with Crippen LogP contribution in [0.2, 0.25) is 0 Å². The van der Waals surface area contributed by atoms with E-state index < -0.39 is 6.10 Å². The minimum absolute atomic E-state index is 0.242. The smallest absolute Gasteiger partial charge is 0.144 e. The third kappa shape index (κ3) is 7.02. The van der Waals surface area contributed by atoms with Crippen molar-refractivity contribution in [1.82, 2.24) is 9.80 Å². The Hall–Kier alpha value is -2.47. The third-order valence-electron chi connectivity index (χ3n) is 6.25. The van der Waals surface area contributed by atoms with E-state index in [0.717, 1.165) is 57.7 Å². The highest BCUT2D eigenvalue weighted by Crippen LogP contribution is 2.23. The van der Waals surface area contributed by atoms with Gasteiger partial charge in [-0.25, -0.2) is 0 Å². The largest absolute Gasteiger partial charge is 0.393 e. The number of rotatable bonds is 8. The first kappa shape index (κ1) is 22.7. The second kappa shape index (κ2) is 12.0. The molecular formula is C27H35N3O2. The number of oxime groups is 1. The lowest BCUT2D eigenvalue weighted by Gasteiger charge is -2.35. The van der Waals surface area contributed by atoms with E-state index in [2.05, 4.69) is 75.6 Å². The molecule has 0 radical (unpaired) electrons. The summed E-state index contributed by atoms with van der Waals surface area (Å²) in [7, 11) is 0. The van der Waals surface area contributed by atoms with E-state index in [1.807, 2.05) is 6.07 Å². The number of aliphatic hydroxyl groups is 1. The van der Waals surface area contributed by atoms with Crippen molar-refractivity contribution in [3.63, 3.8) is 0 Å². The quantitative estimate of drug-likeness (QED) is 0.634. The number of benzene rings is 2. The van der Waals surface area contributed by atoms with Crippen molar-refractivity contribution >= 4 is 11.8 Å². The van der Waals surface area contributed by atoms with Crippen LogP contribution in [0.1, 0.15) is 36.8 Å². The van der Waals surface area contributed by atoms with E-state index in [0.29, 0.717) is 6.54 Å². The average molecular weight is 434 g/mol. The van der Waals surface area contributed by atoms with Gasteiger partial charge in [-0.05, 0) is 48.5 Å². The fourth-order valence-corrected chi connectivity index (χ4v) is 4.45. The van der Waals surface area contributed by atoms with Crippen LogP contribution in [0, 0.1) is 0 Å². The molecule has 0 spiro atoms. The first-order chi connectivity index (χ1) is 15.8. The molecule has 0 amide bonds. The van der Waals surface area contributed by atoms with Crippen LogP contribution < -0.4 is 0 Å². The van der Waals surface area contributed by atoms with Gasteiger partial charge in [-0.15, -0.1) is 0 Å². The molecule has 1 unspecified atom stereocenters. The first-order valence-corrected chi connectivity index (χ1v) is 11.9. The second-order valence-electron chi connectivity index (χ2n) is 8.84. The number of aliphatic hydroxyl groups excluding tert-OH is 1. The molecule has 5 nitrogen and oxygen atoms in total. The summed E-state index contributed by atoms with van der Waals surface area (Å²) >= 11 is 0. The van der Waals surface area contributed by atoms with Crippen LogP contribution in [0.25, 0.3) is 6.08 Å². The molecule has 4 rings (SSSR count). The molecule has 32 heavy (non-hydrogen) atoms. The lowest BCUT2D eigenvalue weighted by atomic mass is 9.91. The second-order valence-corrected chi connectivity index (χ2v) is 8.84. The summed E-state index contributed by atoms with van der Waals surface area (Å²) in [4.78, 5) is 10.4. The zero-order valence-corrected chi connectivity index (χ0v) is 18.9. The molecule has 1 heterocycles. The van der Waals surface area contributed by atoms with Crippen molar-refractivity contribution in [2.75, 3.05) is 39.3 Å². The highest BCUT2D eigenvalue weighted by molar-refractivity contribution is 6.03. The Morgan fingerprint density at radius 2 is 1.53 bits per heavy atom. The van der Waals surface area contributed by atoms with Crippen LogP contribution in [-0.2, 0) is 11.4 Å². The average Bonchev–Trinajstić information content (AvgIpc) is 2.83. The molecule has 1 atom stereocenters. The predicted octanol–water partition coefficient (Wildman–Crippen LogP) is 4.20. The maximum Gasteiger partial charge on any atom is 0.144 e. The van der Waals surface area contributed by atoms with Crippen LogP contribution in [0.3, 0.4) is 0 Å². The molecular weight excluding hydrogens is 398 g/mol. The molecule has 170 valence electrons. The maximum atomic E-state index is 10.5. The summed E-state index contributed by atoms with van der Waals surface area (Å²) in [5.41, 5.74) is 4.84. The van der Waals surface area contributed by atoms with Gasteiger partial charge in [0, 0.05) is 39.3 Å². The Balaban J connectivity index is 1.20. The van der Waals surface area contributed by atoms with Crippen molar-refractivity contribution in [2.24, 2.45) is 5.16 Å². The minimum Gasteiger partial charge on any atom is -0.393 e. The van der Waals surface area contributed by atoms with Gasteiger partial charge in [-0.1, -0.05) is 65.8 Å². The lowest BCUT2D eigenvalue weighted by molar-refractivity contribution is 0.00816. The minimum atomic E-state index is -0.523. The summed E-state index contributed by atoms with van der Waals surface area (Å²) in [6.45, 7) is 5.88. The van der Waals surface area contributed by atoms with Crippen molar-refractivity contribution in [1.29, 1.82) is 0 Å². The summed E-state index contributed by atoms with van der Waals surface area (Å²) < 4.78 is 0. The topological polar surface area (TPSA) is 48.3 Å². The predicted molar refractivity (Wildman–Crippen MR) is 130 cm³/mol. The van der Waals surface area contributed by atoms with Gasteiger partial charge in [-0.3, -0.25) is 9.80 Å². The highest BCUT2D eigenvalue weighted by Gasteiger charge is 2.20. The molecule has 1 aliphatic carbocycles. The Labute approximate surface area is 192 Å². The van der Waals surface area contributed by atoms with Gasteiger partial charge in [0.2, 0.25) is 0 Å². The molecule has 2 aromatic carbocycles. The molecule has 0 bridgehead atoms. The zero-order chi connectivity index (χ0) is 22.0. The number of piperazine rings is 1. The standard InChI is InChI=1S/C27H35N3O2/c31-26(21-30-17-15-29(16-18-30)20-24-11-5-2-6-12-24)22-32-28-27-14-8-7-13-25(27)19-23-9-3-1-4-10-23/h1-6,9-12,19,26,31H,7-8,13-18,20-22H2/b25-19-,28-27+. The summed E-state index contributed by atoms with van der Waals surface area (Å²) in [5.74, 6) is 0. The molecule has 2 aromatic rings. The molecule has 5 heteroatoms. The van der Waals surface area contributed by atoms with Crippen LogP contribution in [0.15, 0.2) is 71.4 Å². The van der Waals surface area contributed by atoms with Gasteiger partial charge in [0.25, 0.3) is 0 Å². The maximum absolute atomic E-state index is 10.5. The molecule has 0 aromatic heterocycles. The summed E-state index contributed by atoms with van der Waals surface area (Å²) in [6.07, 6.45) is 6.00. The SMILES string of the molecule is OC(CO/N=C1\CCCC\C1=C\c1ccccc1)CN1CCN(Cc2ccccc2)CC1. The number of nitrogens with zero attached hydrogens (tertiary/aromatic N) is 3. The number of allylic oxidation sites excluding steroid dienone is 1. The molecule has 1 saturated carbocycles. The number of β-amino-alcohol motifs (C(OH)–C–C–N with tert-alkyl or cyclic N) is 1. The van der Waals surface area contributed by atoms with Gasteiger partial charge >= 0.3 is 0 Å². The van der Waals surface area contributed by atoms with E-state index in [-0.39, 0.29) is 6.61 Å². The fourth-order valence-electron chi connectivity index (χ4n) is 4.45. The van der Waals surface area contributed by atoms with Gasteiger partial charge in [0.15, 0.2) is 0 Å². The number of hydrogen-bond donors (Lipinski definition) is 1. The molecule has 1 N–H and O–H groups in total. The van der Waals surface area contributed by atoms with E-state index in [1.54, 1.807) is 0 Å². The van der Waals surface area contributed by atoms with Gasteiger partial charge in [0.1, 0.15) is 12.7 Å². The van der Waals surface area contributed by atoms with Gasteiger partial charge in [0.05, 0.1) is 5.71 Å². The van der Waals surface area contributed by atoms with E-state index >= 15 is 0 Å². The third-order valence-corrected chi connectivity index (χ3v) is 6.25. The fraction of sp³-hybridized carbons (Fsp3) is 0.444. The molecule has 1 saturated heterocycles. The van der Waals surface area contributed by atoms with Crippen LogP contribution in [-0.4, -0.2) is 66.1 Å². The van der Waals surface area contributed by atoms with Crippen molar-refractivity contribution in [2.45, 2.75) is 38.3 Å². The Kier molecular flexibility index (Phi) is 8.49. The van der Waals surface area contributed by atoms with Gasteiger partial charge < -0.3 is 9.94 Å². The van der Waals surface area contributed by atoms with Crippen molar-refractivity contribution in [3.05, 3.63) is 77.4 Å². The monoisotopic (exact) mass is 433 g/mol. The Bertz CT molecular complexity index is 874. The van der Waals surface area contributed by atoms with Crippen molar-refractivity contribution in [3.8, 4) is 0 Å². The van der Waals surface area contributed by atoms with Crippen LogP contribution in [0.4, 0.5) is 0 Å². The Morgan fingerprint density at radius 1 is 0.875 bits per heavy atom. The normalized spacial score (nSPS) is 21.7. The molecule has 1 aliphatic heterocycles. The Morgan fingerprint density at radius 3 is 2.28 bits per heavy atom. The number of hydrogen-bond acceptors (Lipinski definition) is 5. The van der Waals surface area contributed by atoms with E-state index in [4.69, 9.17) is 4.84 Å². The van der Waals surface area contributed by atoms with Gasteiger partial charge in [-0.2, -0.15) is 0 Å².